The van der Waals surface area contributed by atoms with Crippen LogP contribution in [-0.2, 0) is 27.1 Å². The third-order valence-corrected chi connectivity index (χ3v) is 10.3. The van der Waals surface area contributed by atoms with Crippen LogP contribution in [0.1, 0.15) is 71.1 Å². The number of benzene rings is 3. The molecule has 0 aliphatic rings. The van der Waals surface area contributed by atoms with Gasteiger partial charge >= 0.3 is 27.4 Å². The van der Waals surface area contributed by atoms with Gasteiger partial charge in [0.1, 0.15) is 10.1 Å². The van der Waals surface area contributed by atoms with Crippen LogP contribution in [-0.4, -0.2) is 13.0 Å². The Labute approximate surface area is 229 Å². The van der Waals surface area contributed by atoms with Crippen LogP contribution < -0.4 is 21.2 Å². The van der Waals surface area contributed by atoms with Gasteiger partial charge in [-0.3, -0.25) is 0 Å². The molecule has 0 fully saturated rings. The monoisotopic (exact) mass is 646 g/mol. The molecule has 0 N–H and O–H groups in total. The normalized spacial score (nSPS) is 12.6. The molecule has 3 nitrogen and oxygen atoms in total. The van der Waals surface area contributed by atoms with Crippen LogP contribution in [0.3, 0.4) is 0 Å². The van der Waals surface area contributed by atoms with Crippen LogP contribution in [0.15, 0.2) is 77.7 Å². The fourth-order valence-corrected chi connectivity index (χ4v) is 6.24. The summed E-state index contributed by atoms with van der Waals surface area (Å²) >= 11 is -0.0793. The molecule has 37 heavy (non-hydrogen) atoms. The molecule has 0 unspecified atom stereocenters. The second-order valence-electron chi connectivity index (χ2n) is 10.0. The fourth-order valence-electron chi connectivity index (χ4n) is 3.38. The van der Waals surface area contributed by atoms with E-state index in [1.807, 2.05) is 0 Å². The Morgan fingerprint density at radius 3 is 1.38 bits per heavy atom. The van der Waals surface area contributed by atoms with Crippen LogP contribution in [0.25, 0.3) is 0 Å². The molecule has 0 heterocycles. The Kier molecular flexibility index (Phi) is 10.4. The van der Waals surface area contributed by atoms with E-state index in [-0.39, 0.29) is 32.0 Å². The Bertz CT molecular complexity index is 1210. The van der Waals surface area contributed by atoms with E-state index >= 15 is 0 Å². The van der Waals surface area contributed by atoms with Gasteiger partial charge in [-0.25, -0.2) is 8.42 Å². The first-order valence-electron chi connectivity index (χ1n) is 12.0. The van der Waals surface area contributed by atoms with E-state index in [1.54, 1.807) is 0 Å². The van der Waals surface area contributed by atoms with Crippen molar-refractivity contribution in [2.24, 2.45) is 0 Å². The summed E-state index contributed by atoms with van der Waals surface area (Å²) in [4.78, 5) is -1.24. The van der Waals surface area contributed by atoms with Gasteiger partial charge < -0.3 is 4.55 Å². The molecule has 0 saturated heterocycles. The summed E-state index contributed by atoms with van der Waals surface area (Å²) in [5.74, 6) is 0. The van der Waals surface area contributed by atoms with Gasteiger partial charge in [-0.1, -0.05) is 77.9 Å². The largest absolute Gasteiger partial charge is 0.744 e. The van der Waals surface area contributed by atoms with Gasteiger partial charge in [0.25, 0.3) is 0 Å². The third-order valence-electron chi connectivity index (χ3n) is 6.70. The predicted octanol–water partition coefficient (Wildman–Crippen LogP) is 4.80. The highest BCUT2D eigenvalue weighted by atomic mass is 127. The zero-order valence-corrected chi connectivity index (χ0v) is 25.0. The van der Waals surface area contributed by atoms with Gasteiger partial charge in [-0.15, -0.1) is 0 Å². The van der Waals surface area contributed by atoms with Gasteiger partial charge in [0.2, 0.25) is 0 Å². The summed E-state index contributed by atoms with van der Waals surface area (Å²) in [6, 6.07) is 21.9. The molecule has 0 saturated carbocycles. The zero-order chi connectivity index (χ0) is 28.1. The van der Waals surface area contributed by atoms with Crippen molar-refractivity contribution in [3.8, 4) is 0 Å². The standard InChI is InChI=1S/C22H30I.C7H5F3O3S/c1-7-21(3,4)17-9-13-19(14-10-17)23-20-15-11-18(12-16-20)22(5,6)8-2;8-7(9,10)5-3-1-2-4-6(5)14(11,12)13/h9-16H,7-8H2,1-6H3;1-4H,(H,11,12,13)/q+1;/p-1. The Morgan fingerprint density at radius 1 is 0.703 bits per heavy atom. The first-order valence-corrected chi connectivity index (χ1v) is 15.6. The van der Waals surface area contributed by atoms with Crippen molar-refractivity contribution in [2.75, 3.05) is 0 Å². The molecule has 0 aliphatic carbocycles. The second-order valence-corrected chi connectivity index (χ2v) is 14.4. The van der Waals surface area contributed by atoms with E-state index in [1.165, 1.54) is 31.1 Å². The summed E-state index contributed by atoms with van der Waals surface area (Å²) in [6.07, 6.45) is -2.49. The van der Waals surface area contributed by atoms with Gasteiger partial charge in [-0.05, 0) is 71.2 Å². The Morgan fingerprint density at radius 2 is 1.08 bits per heavy atom. The molecule has 8 heteroatoms. The van der Waals surface area contributed by atoms with Crippen molar-refractivity contribution in [3.63, 3.8) is 0 Å². The van der Waals surface area contributed by atoms with Crippen molar-refractivity contribution in [1.29, 1.82) is 0 Å². The van der Waals surface area contributed by atoms with Gasteiger partial charge in [0.15, 0.2) is 7.14 Å². The SMILES string of the molecule is CCC(C)(C)c1ccc([I+]c2ccc(C(C)(C)CC)cc2)cc1.O=S(=O)([O-])c1ccccc1C(F)(F)F. The van der Waals surface area contributed by atoms with Crippen LogP contribution in [0.2, 0.25) is 0 Å². The van der Waals surface area contributed by atoms with Crippen molar-refractivity contribution in [1.82, 2.24) is 0 Å². The third kappa shape index (κ3) is 8.82. The molecule has 202 valence electrons. The summed E-state index contributed by atoms with van der Waals surface area (Å²) in [5, 5.41) is 0. The lowest BCUT2D eigenvalue weighted by molar-refractivity contribution is -0.597. The van der Waals surface area contributed by atoms with E-state index in [4.69, 9.17) is 0 Å². The number of rotatable bonds is 7. The first-order chi connectivity index (χ1) is 17.0. The second kappa shape index (κ2) is 12.3. The van der Waals surface area contributed by atoms with E-state index in [0.29, 0.717) is 12.1 Å². The van der Waals surface area contributed by atoms with Crippen molar-refractivity contribution >= 4 is 10.1 Å². The van der Waals surface area contributed by atoms with Crippen molar-refractivity contribution < 1.29 is 47.3 Å². The first kappa shape index (κ1) is 31.3. The molecule has 0 radical (unpaired) electrons. The Balaban J connectivity index is 0.000000294. The molecule has 0 aromatic heterocycles. The topological polar surface area (TPSA) is 57.2 Å². The van der Waals surface area contributed by atoms with E-state index < -0.39 is 26.8 Å². The lowest BCUT2D eigenvalue weighted by Crippen LogP contribution is -3.61. The van der Waals surface area contributed by atoms with Crippen molar-refractivity contribution in [2.45, 2.75) is 76.3 Å². The summed E-state index contributed by atoms with van der Waals surface area (Å²) < 4.78 is 70.9. The highest BCUT2D eigenvalue weighted by molar-refractivity contribution is 7.85. The maximum atomic E-state index is 12.2. The highest BCUT2D eigenvalue weighted by Crippen LogP contribution is 2.33. The number of halogens is 4. The number of alkyl halides is 3. The molecular weight excluding hydrogens is 612 g/mol. The lowest BCUT2D eigenvalue weighted by Gasteiger charge is -2.23. The quantitative estimate of drug-likeness (QED) is 0.274. The molecule has 0 atom stereocenters. The van der Waals surface area contributed by atoms with Crippen LogP contribution in [0.5, 0.6) is 0 Å². The lowest BCUT2D eigenvalue weighted by atomic mass is 9.82. The number of hydrogen-bond acceptors (Lipinski definition) is 3. The molecule has 0 amide bonds. The molecule has 3 rings (SSSR count). The molecular formula is C29H34F3IO3S. The van der Waals surface area contributed by atoms with Gasteiger partial charge in [0, 0.05) is 0 Å². The summed E-state index contributed by atoms with van der Waals surface area (Å²) in [6.45, 7) is 13.8. The molecule has 0 aliphatic heterocycles. The minimum atomic E-state index is -5.09. The average molecular weight is 647 g/mol. The highest BCUT2D eigenvalue weighted by Gasteiger charge is 2.34. The van der Waals surface area contributed by atoms with Crippen LogP contribution in [0, 0.1) is 7.14 Å². The van der Waals surface area contributed by atoms with Crippen LogP contribution in [0.4, 0.5) is 13.2 Å². The van der Waals surface area contributed by atoms with Crippen molar-refractivity contribution in [3.05, 3.63) is 96.6 Å². The summed E-state index contributed by atoms with van der Waals surface area (Å²) in [7, 11) is -5.09. The van der Waals surface area contributed by atoms with E-state index in [0.717, 1.165) is 12.1 Å². The van der Waals surface area contributed by atoms with E-state index in [2.05, 4.69) is 90.1 Å². The van der Waals surface area contributed by atoms with Gasteiger partial charge in [0.05, 0.1) is 10.5 Å². The van der Waals surface area contributed by atoms with Gasteiger partial charge in [-0.2, -0.15) is 13.2 Å². The molecule has 3 aromatic rings. The maximum absolute atomic E-state index is 12.2. The zero-order valence-electron chi connectivity index (χ0n) is 22.0. The molecule has 3 aromatic carbocycles. The molecule has 0 spiro atoms. The maximum Gasteiger partial charge on any atom is 0.417 e. The van der Waals surface area contributed by atoms with E-state index in [9.17, 15) is 26.1 Å². The minimum absolute atomic E-state index is 0.0793. The Hall–Kier alpha value is -1.91. The van der Waals surface area contributed by atoms with Crippen LogP contribution >= 0.6 is 0 Å². The summed E-state index contributed by atoms with van der Waals surface area (Å²) in [5.41, 5.74) is 2.03. The smallest absolute Gasteiger partial charge is 0.417 e. The minimum Gasteiger partial charge on any atom is -0.744 e. The molecule has 0 bridgehead atoms. The fraction of sp³-hybridized carbons (Fsp3) is 0.379. The number of hydrogen-bond donors (Lipinski definition) is 0. The predicted molar refractivity (Wildman–Crippen MR) is 136 cm³/mol. The average Bonchev–Trinajstić information content (AvgIpc) is 2.84.